The van der Waals surface area contributed by atoms with E-state index in [0.29, 0.717) is 30.1 Å². The van der Waals surface area contributed by atoms with Crippen LogP contribution in [0.15, 0.2) is 53.0 Å². The molecule has 2 amide bonds. The molecular weight excluding hydrogens is 777 g/mol. The van der Waals surface area contributed by atoms with Crippen molar-refractivity contribution in [2.75, 3.05) is 51.5 Å². The lowest BCUT2D eigenvalue weighted by Crippen LogP contribution is -2.28. The number of carbonyl (C=O) groups excluding carboxylic acids is 2. The minimum atomic E-state index is -4.62. The standard InChI is InChI=1S/C19H22BrN3O2.C19H20F3N3O2.ClH/c1-4-25-18-6-5-13(9-15(18)20)19(24)22-17-10-14-11-23(3)8-7-16(14)21-12(17)2;1-11-16(9-13-10-25(2)7-6-15(13)23-11)24-18(26)12-4-5-17(27-3)14(8-12)19(20,21)22;/h5-6,9-10H,4,7-8,11H2,1-3H3,(H,22,24);4-5,8-9H,6-7,10H2,1-3H3,(H,24,26);1H. The predicted molar refractivity (Wildman–Crippen MR) is 204 cm³/mol. The first-order valence-electron chi connectivity index (χ1n) is 16.8. The fourth-order valence-electron chi connectivity index (χ4n) is 6.06. The Kier molecular flexibility index (Phi) is 13.9. The van der Waals surface area contributed by atoms with Crippen LogP contribution in [0.5, 0.6) is 11.5 Å². The van der Waals surface area contributed by atoms with E-state index in [0.717, 1.165) is 90.3 Å². The largest absolute Gasteiger partial charge is 0.496 e. The number of aryl methyl sites for hydroxylation is 2. The highest BCUT2D eigenvalue weighted by atomic mass is 79.9. The van der Waals surface area contributed by atoms with Gasteiger partial charge < -0.3 is 29.9 Å². The number of rotatable bonds is 7. The lowest BCUT2D eigenvalue weighted by Gasteiger charge is -2.25. The Morgan fingerprint density at radius 1 is 0.811 bits per heavy atom. The highest BCUT2D eigenvalue weighted by molar-refractivity contribution is 9.10. The van der Waals surface area contributed by atoms with Crippen molar-refractivity contribution in [3.05, 3.63) is 104 Å². The number of methoxy groups -OCH3 is 1. The minimum Gasteiger partial charge on any atom is -0.496 e. The number of hydrogen-bond donors (Lipinski definition) is 2. The van der Waals surface area contributed by atoms with Crippen molar-refractivity contribution in [2.24, 2.45) is 0 Å². The Balaban J connectivity index is 0.000000233. The molecule has 0 bridgehead atoms. The van der Waals surface area contributed by atoms with Crippen molar-refractivity contribution >= 4 is 51.5 Å². The van der Waals surface area contributed by atoms with Crippen LogP contribution in [-0.4, -0.2) is 72.5 Å². The van der Waals surface area contributed by atoms with Gasteiger partial charge in [0.1, 0.15) is 11.5 Å². The van der Waals surface area contributed by atoms with Crippen molar-refractivity contribution in [2.45, 2.75) is 52.9 Å². The van der Waals surface area contributed by atoms with Crippen LogP contribution in [0, 0.1) is 13.8 Å². The van der Waals surface area contributed by atoms with Gasteiger partial charge in [0.05, 0.1) is 46.5 Å². The lowest BCUT2D eigenvalue weighted by molar-refractivity contribution is -0.138. The lowest BCUT2D eigenvalue weighted by atomic mass is 10.0. The van der Waals surface area contributed by atoms with Gasteiger partial charge in [-0.05, 0) is 110 Å². The Hall–Kier alpha value is -4.24. The Morgan fingerprint density at radius 2 is 1.28 bits per heavy atom. The number of fused-ring (bicyclic) bond motifs is 2. The molecule has 2 N–H and O–H groups in total. The number of halogens is 5. The van der Waals surface area contributed by atoms with Crippen molar-refractivity contribution in [1.29, 1.82) is 0 Å². The Labute approximate surface area is 322 Å². The molecule has 284 valence electrons. The summed E-state index contributed by atoms with van der Waals surface area (Å²) in [5.74, 6) is -0.377. The summed E-state index contributed by atoms with van der Waals surface area (Å²) >= 11 is 3.45. The Morgan fingerprint density at radius 3 is 1.72 bits per heavy atom. The SMILES string of the molecule is CCOc1ccc(C(=O)Nc2cc3c(nc2C)CCN(C)C3)cc1Br.COc1ccc(C(=O)Nc2cc3c(nc2C)CCN(C)C3)cc1C(F)(F)F.Cl. The molecule has 2 aromatic heterocycles. The maximum absolute atomic E-state index is 13.2. The smallest absolute Gasteiger partial charge is 0.419 e. The van der Waals surface area contributed by atoms with E-state index in [2.05, 4.69) is 59.4 Å². The number of likely N-dealkylation sites (N-methyl/N-ethyl adjacent to an activating group) is 2. The molecule has 4 aromatic rings. The number of aromatic nitrogens is 2. The molecule has 0 fully saturated rings. The van der Waals surface area contributed by atoms with Gasteiger partial charge in [0, 0.05) is 61.5 Å². The summed E-state index contributed by atoms with van der Waals surface area (Å²) in [7, 11) is 5.25. The second-order valence-corrected chi connectivity index (χ2v) is 13.7. The number of benzene rings is 2. The molecule has 2 aromatic carbocycles. The van der Waals surface area contributed by atoms with Gasteiger partial charge >= 0.3 is 6.18 Å². The molecule has 53 heavy (non-hydrogen) atoms. The average molecular weight is 820 g/mol. The van der Waals surface area contributed by atoms with Gasteiger partial charge in [0.15, 0.2) is 0 Å². The molecule has 0 saturated carbocycles. The minimum absolute atomic E-state index is 0. The van der Waals surface area contributed by atoms with E-state index in [1.54, 1.807) is 25.1 Å². The van der Waals surface area contributed by atoms with Crippen LogP contribution in [0.4, 0.5) is 24.5 Å². The maximum atomic E-state index is 13.2. The van der Waals surface area contributed by atoms with Crippen molar-refractivity contribution in [1.82, 2.24) is 19.8 Å². The van der Waals surface area contributed by atoms with Crippen molar-refractivity contribution in [3.8, 4) is 11.5 Å². The first kappa shape index (κ1) is 41.5. The number of nitrogens with zero attached hydrogens (tertiary/aromatic N) is 4. The summed E-state index contributed by atoms with van der Waals surface area (Å²) in [6, 6.07) is 12.5. The molecule has 2 aliphatic rings. The van der Waals surface area contributed by atoms with Gasteiger partial charge in [-0.25, -0.2) is 0 Å². The van der Waals surface area contributed by atoms with E-state index in [1.807, 2.05) is 27.0 Å². The summed E-state index contributed by atoms with van der Waals surface area (Å²) < 4.78 is 50.5. The molecular formula is C38H43BrClF3N6O4. The first-order chi connectivity index (χ1) is 24.7. The van der Waals surface area contributed by atoms with Gasteiger partial charge in [0.2, 0.25) is 0 Å². The summed E-state index contributed by atoms with van der Waals surface area (Å²) in [6.07, 6.45) is -2.84. The van der Waals surface area contributed by atoms with Gasteiger partial charge in [-0.3, -0.25) is 19.6 Å². The van der Waals surface area contributed by atoms with Gasteiger partial charge in [-0.1, -0.05) is 0 Å². The highest BCUT2D eigenvalue weighted by Gasteiger charge is 2.35. The first-order valence-corrected chi connectivity index (χ1v) is 17.6. The van der Waals surface area contributed by atoms with Crippen molar-refractivity contribution in [3.63, 3.8) is 0 Å². The zero-order chi connectivity index (χ0) is 37.7. The second kappa shape index (κ2) is 17.7. The highest BCUT2D eigenvalue weighted by Crippen LogP contribution is 2.37. The third-order valence-corrected chi connectivity index (χ3v) is 9.48. The number of carbonyl (C=O) groups is 2. The van der Waals surface area contributed by atoms with E-state index in [9.17, 15) is 22.8 Å². The molecule has 0 atom stereocenters. The van der Waals surface area contributed by atoms with Crippen LogP contribution in [-0.2, 0) is 32.1 Å². The van der Waals surface area contributed by atoms with Gasteiger partial charge in [-0.2, -0.15) is 13.2 Å². The molecule has 0 unspecified atom stereocenters. The van der Waals surface area contributed by atoms with E-state index in [1.165, 1.54) is 11.6 Å². The van der Waals surface area contributed by atoms with E-state index >= 15 is 0 Å². The number of hydrogen-bond acceptors (Lipinski definition) is 8. The zero-order valence-electron chi connectivity index (χ0n) is 30.4. The van der Waals surface area contributed by atoms with E-state index in [4.69, 9.17) is 9.47 Å². The predicted octanol–water partition coefficient (Wildman–Crippen LogP) is 7.87. The van der Waals surface area contributed by atoms with Crippen LogP contribution in [0.2, 0.25) is 0 Å². The molecule has 15 heteroatoms. The van der Waals surface area contributed by atoms with Crippen LogP contribution in [0.3, 0.4) is 0 Å². The fraction of sp³-hybridized carbons (Fsp3) is 0.368. The summed E-state index contributed by atoms with van der Waals surface area (Å²) in [5.41, 5.74) is 6.56. The molecule has 2 aliphatic heterocycles. The fourth-order valence-corrected chi connectivity index (χ4v) is 6.55. The second-order valence-electron chi connectivity index (χ2n) is 12.8. The molecule has 0 radical (unpaired) electrons. The third-order valence-electron chi connectivity index (χ3n) is 8.86. The number of pyridine rings is 2. The normalized spacial score (nSPS) is 14.1. The van der Waals surface area contributed by atoms with E-state index < -0.39 is 17.6 Å². The number of nitrogens with one attached hydrogen (secondary N) is 2. The molecule has 0 spiro atoms. The van der Waals surface area contributed by atoms with Crippen LogP contribution >= 0.6 is 28.3 Å². The number of amides is 2. The summed E-state index contributed by atoms with van der Waals surface area (Å²) in [6.45, 7) is 9.72. The Bertz CT molecular complexity index is 1980. The van der Waals surface area contributed by atoms with Crippen molar-refractivity contribution < 1.29 is 32.2 Å². The quantitative estimate of drug-likeness (QED) is 0.194. The maximum Gasteiger partial charge on any atom is 0.419 e. The topological polar surface area (TPSA) is 109 Å². The summed E-state index contributed by atoms with van der Waals surface area (Å²) in [4.78, 5) is 38.7. The van der Waals surface area contributed by atoms with E-state index in [-0.39, 0.29) is 29.6 Å². The average Bonchev–Trinajstić information content (AvgIpc) is 3.09. The van der Waals surface area contributed by atoms with Crippen LogP contribution in [0.25, 0.3) is 0 Å². The van der Waals surface area contributed by atoms with Crippen LogP contribution < -0.4 is 20.1 Å². The van der Waals surface area contributed by atoms with Gasteiger partial charge in [0.25, 0.3) is 11.8 Å². The monoisotopic (exact) mass is 818 g/mol. The molecule has 0 aliphatic carbocycles. The molecule has 0 saturated heterocycles. The number of alkyl halides is 3. The number of anilines is 2. The zero-order valence-corrected chi connectivity index (χ0v) is 32.8. The van der Waals surface area contributed by atoms with Crippen LogP contribution in [0.1, 0.15) is 67.1 Å². The third kappa shape index (κ3) is 10.3. The molecule has 6 rings (SSSR count). The molecule has 4 heterocycles. The van der Waals surface area contributed by atoms with Gasteiger partial charge in [-0.15, -0.1) is 12.4 Å². The molecule has 10 nitrogen and oxygen atoms in total. The summed E-state index contributed by atoms with van der Waals surface area (Å²) in [5, 5.41) is 5.67. The number of ether oxygens (including phenoxy) is 2.